The zero-order valence-corrected chi connectivity index (χ0v) is 20.1. The van der Waals surface area contributed by atoms with Crippen molar-refractivity contribution in [3.05, 3.63) is 29.8 Å². The van der Waals surface area contributed by atoms with E-state index in [1.807, 2.05) is 36.9 Å². The molecule has 3 rings (SSSR count). The Kier molecular flexibility index (Phi) is 9.52. The van der Waals surface area contributed by atoms with E-state index in [0.717, 1.165) is 55.9 Å². The molecule has 1 aromatic rings. The number of carbonyl (C=O) groups excluding carboxylic acids is 1. The first-order valence-electron chi connectivity index (χ1n) is 10.6. The van der Waals surface area contributed by atoms with Crippen LogP contribution in [-0.2, 0) is 11.3 Å². The van der Waals surface area contributed by atoms with E-state index in [1.54, 1.807) is 0 Å². The molecule has 7 heteroatoms. The van der Waals surface area contributed by atoms with Gasteiger partial charge in [-0.2, -0.15) is 0 Å². The van der Waals surface area contributed by atoms with Crippen LogP contribution >= 0.6 is 24.0 Å². The number of guanidine groups is 1. The summed E-state index contributed by atoms with van der Waals surface area (Å²) in [6.07, 6.45) is 3.52. The van der Waals surface area contributed by atoms with Gasteiger partial charge in [-0.3, -0.25) is 4.79 Å². The van der Waals surface area contributed by atoms with Gasteiger partial charge in [0.25, 0.3) is 0 Å². The van der Waals surface area contributed by atoms with Gasteiger partial charge in [-0.1, -0.05) is 32.0 Å². The fourth-order valence-electron chi connectivity index (χ4n) is 3.39. The third kappa shape index (κ3) is 7.35. The minimum atomic E-state index is 0. The van der Waals surface area contributed by atoms with Crippen LogP contribution in [0.1, 0.15) is 45.6 Å². The SMILES string of the molecule is CCNC(=NCc1ccccc1OCC1CC1)NC1CCN(C(=O)C(C)C)C1.I. The van der Waals surface area contributed by atoms with Crippen LogP contribution in [0.15, 0.2) is 29.3 Å². The number of nitrogens with one attached hydrogen (secondary N) is 2. The number of hydrogen-bond acceptors (Lipinski definition) is 3. The molecule has 6 nitrogen and oxygen atoms in total. The van der Waals surface area contributed by atoms with Gasteiger partial charge in [0.05, 0.1) is 13.2 Å². The molecule has 0 spiro atoms. The highest BCUT2D eigenvalue weighted by atomic mass is 127. The Labute approximate surface area is 191 Å². The van der Waals surface area contributed by atoms with Gasteiger partial charge in [-0.25, -0.2) is 4.99 Å². The van der Waals surface area contributed by atoms with Crippen molar-refractivity contribution in [2.45, 2.75) is 52.6 Å². The van der Waals surface area contributed by atoms with Crippen LogP contribution in [-0.4, -0.2) is 49.0 Å². The molecule has 1 saturated carbocycles. The number of likely N-dealkylation sites (tertiary alicyclic amines) is 1. The molecule has 2 aliphatic rings. The lowest BCUT2D eigenvalue weighted by atomic mass is 10.2. The van der Waals surface area contributed by atoms with Crippen LogP contribution in [0.2, 0.25) is 0 Å². The number of nitrogens with zero attached hydrogens (tertiary/aromatic N) is 2. The number of rotatable bonds is 8. The van der Waals surface area contributed by atoms with E-state index in [2.05, 4.69) is 23.6 Å². The van der Waals surface area contributed by atoms with Crippen LogP contribution in [0.3, 0.4) is 0 Å². The first kappa shape index (κ1) is 23.8. The number of hydrogen-bond donors (Lipinski definition) is 2. The lowest BCUT2D eigenvalue weighted by Crippen LogP contribution is -2.45. The maximum atomic E-state index is 12.2. The normalized spacial score (nSPS) is 19.1. The highest BCUT2D eigenvalue weighted by molar-refractivity contribution is 14.0. The van der Waals surface area contributed by atoms with Crippen molar-refractivity contribution in [1.29, 1.82) is 0 Å². The van der Waals surface area contributed by atoms with Crippen LogP contribution in [0.5, 0.6) is 5.75 Å². The van der Waals surface area contributed by atoms with Crippen LogP contribution in [0.25, 0.3) is 0 Å². The second-order valence-electron chi connectivity index (χ2n) is 8.13. The Bertz CT molecular complexity index is 691. The number of aliphatic imine (C=N–C) groups is 1. The summed E-state index contributed by atoms with van der Waals surface area (Å²) in [5.74, 6) is 2.74. The van der Waals surface area contributed by atoms with Crippen LogP contribution < -0.4 is 15.4 Å². The number of para-hydroxylation sites is 1. The molecular weight excluding hydrogens is 479 g/mol. The van der Waals surface area contributed by atoms with Crippen molar-refractivity contribution in [2.75, 3.05) is 26.2 Å². The predicted octanol–water partition coefficient (Wildman–Crippen LogP) is 3.41. The topological polar surface area (TPSA) is 66.0 Å². The van der Waals surface area contributed by atoms with Gasteiger partial charge >= 0.3 is 0 Å². The number of amides is 1. The Morgan fingerprint density at radius 2 is 2.03 bits per heavy atom. The van der Waals surface area contributed by atoms with Gasteiger partial charge in [0.1, 0.15) is 5.75 Å². The summed E-state index contributed by atoms with van der Waals surface area (Å²) in [7, 11) is 0. The molecule has 1 atom stereocenters. The molecule has 162 valence electrons. The summed E-state index contributed by atoms with van der Waals surface area (Å²) in [6, 6.07) is 8.38. The minimum absolute atomic E-state index is 0. The smallest absolute Gasteiger partial charge is 0.225 e. The fourth-order valence-corrected chi connectivity index (χ4v) is 3.39. The molecule has 2 fully saturated rings. The van der Waals surface area contributed by atoms with Crippen LogP contribution in [0.4, 0.5) is 0 Å². The number of halogens is 1. The maximum Gasteiger partial charge on any atom is 0.225 e. The Morgan fingerprint density at radius 3 is 2.72 bits per heavy atom. The Balaban J connectivity index is 0.00000300. The van der Waals surface area contributed by atoms with Crippen molar-refractivity contribution in [1.82, 2.24) is 15.5 Å². The molecular formula is C22H35IN4O2. The zero-order chi connectivity index (χ0) is 19.9. The van der Waals surface area contributed by atoms with E-state index in [9.17, 15) is 4.79 Å². The summed E-state index contributed by atoms with van der Waals surface area (Å²) >= 11 is 0. The average Bonchev–Trinajstić information content (AvgIpc) is 3.41. The second kappa shape index (κ2) is 11.6. The van der Waals surface area contributed by atoms with Crippen molar-refractivity contribution in [3.63, 3.8) is 0 Å². The van der Waals surface area contributed by atoms with E-state index >= 15 is 0 Å². The molecule has 0 bridgehead atoms. The molecule has 29 heavy (non-hydrogen) atoms. The first-order valence-corrected chi connectivity index (χ1v) is 10.6. The Hall–Kier alpha value is -1.51. The van der Waals surface area contributed by atoms with Gasteiger partial charge in [-0.05, 0) is 38.2 Å². The molecule has 0 aromatic heterocycles. The van der Waals surface area contributed by atoms with E-state index in [0.29, 0.717) is 6.54 Å². The highest BCUT2D eigenvalue weighted by Crippen LogP contribution is 2.30. The van der Waals surface area contributed by atoms with E-state index in [1.165, 1.54) is 12.8 Å². The quantitative estimate of drug-likeness (QED) is 0.317. The van der Waals surface area contributed by atoms with Crippen molar-refractivity contribution in [2.24, 2.45) is 16.8 Å². The third-order valence-electron chi connectivity index (χ3n) is 5.23. The first-order chi connectivity index (χ1) is 13.6. The van der Waals surface area contributed by atoms with Gasteiger partial charge in [0.15, 0.2) is 5.96 Å². The van der Waals surface area contributed by atoms with Gasteiger partial charge in [0.2, 0.25) is 5.91 Å². The monoisotopic (exact) mass is 514 g/mol. The third-order valence-corrected chi connectivity index (χ3v) is 5.23. The van der Waals surface area contributed by atoms with Gasteiger partial charge < -0.3 is 20.3 Å². The molecule has 1 aliphatic carbocycles. The summed E-state index contributed by atoms with van der Waals surface area (Å²) in [4.78, 5) is 18.9. The molecule has 1 heterocycles. The Morgan fingerprint density at radius 1 is 1.28 bits per heavy atom. The molecule has 1 unspecified atom stereocenters. The predicted molar refractivity (Wildman–Crippen MR) is 128 cm³/mol. The molecule has 1 saturated heterocycles. The number of ether oxygens (including phenoxy) is 1. The maximum absolute atomic E-state index is 12.2. The van der Waals surface area contributed by atoms with Crippen molar-refractivity contribution >= 4 is 35.8 Å². The summed E-state index contributed by atoms with van der Waals surface area (Å²) < 4.78 is 6.00. The number of benzene rings is 1. The van der Waals surface area contributed by atoms with E-state index in [-0.39, 0.29) is 41.8 Å². The van der Waals surface area contributed by atoms with Gasteiger partial charge in [-0.15, -0.1) is 24.0 Å². The average molecular weight is 514 g/mol. The van der Waals surface area contributed by atoms with E-state index < -0.39 is 0 Å². The molecule has 2 N–H and O–H groups in total. The minimum Gasteiger partial charge on any atom is -0.493 e. The largest absolute Gasteiger partial charge is 0.493 e. The second-order valence-corrected chi connectivity index (χ2v) is 8.13. The van der Waals surface area contributed by atoms with Crippen LogP contribution in [0, 0.1) is 11.8 Å². The van der Waals surface area contributed by atoms with Crippen molar-refractivity contribution < 1.29 is 9.53 Å². The molecule has 0 radical (unpaired) electrons. The summed E-state index contributed by atoms with van der Waals surface area (Å²) in [6.45, 7) is 9.70. The number of carbonyl (C=O) groups is 1. The standard InChI is InChI=1S/C22H34N4O2.HI/c1-4-23-22(25-19-11-12-26(14-19)21(27)16(2)3)24-13-18-7-5-6-8-20(18)28-15-17-9-10-17;/h5-8,16-17,19H,4,9-15H2,1-3H3,(H2,23,24,25);1H. The van der Waals surface area contributed by atoms with Crippen molar-refractivity contribution in [3.8, 4) is 5.75 Å². The molecule has 1 aliphatic heterocycles. The van der Waals surface area contributed by atoms with Gasteiger partial charge in [0, 0.05) is 37.2 Å². The summed E-state index contributed by atoms with van der Waals surface area (Å²) in [5.41, 5.74) is 1.10. The lowest BCUT2D eigenvalue weighted by Gasteiger charge is -2.20. The van der Waals surface area contributed by atoms with E-state index in [4.69, 9.17) is 9.73 Å². The summed E-state index contributed by atoms with van der Waals surface area (Å²) in [5, 5.41) is 6.82. The highest BCUT2D eigenvalue weighted by Gasteiger charge is 2.28. The molecule has 1 amide bonds. The fraction of sp³-hybridized carbons (Fsp3) is 0.636. The molecule has 1 aromatic carbocycles. The zero-order valence-electron chi connectivity index (χ0n) is 17.8. The lowest BCUT2D eigenvalue weighted by molar-refractivity contribution is -0.133.